The fourth-order valence-electron chi connectivity index (χ4n) is 2.62. The summed E-state index contributed by atoms with van der Waals surface area (Å²) >= 11 is 0. The number of carbonyl (C=O) groups excluding carboxylic acids is 1. The fraction of sp³-hybridized carbons (Fsp3) is 0.562. The van der Waals surface area contributed by atoms with E-state index in [9.17, 15) is 9.00 Å². The third kappa shape index (κ3) is 4.47. The van der Waals surface area contributed by atoms with E-state index in [1.807, 2.05) is 25.1 Å². The van der Waals surface area contributed by atoms with Gasteiger partial charge in [-0.05, 0) is 38.0 Å². The molecule has 1 N–H and O–H groups in total. The lowest BCUT2D eigenvalue weighted by Gasteiger charge is -2.25. The van der Waals surface area contributed by atoms with Crippen LogP contribution in [0.15, 0.2) is 24.3 Å². The first kappa shape index (κ1) is 16.8. The van der Waals surface area contributed by atoms with Crippen molar-refractivity contribution in [3.8, 4) is 0 Å². The lowest BCUT2D eigenvalue weighted by molar-refractivity contribution is 0.212. The second-order valence-electron chi connectivity index (χ2n) is 5.87. The van der Waals surface area contributed by atoms with E-state index in [-0.39, 0.29) is 12.1 Å². The van der Waals surface area contributed by atoms with Crippen LogP contribution < -0.4 is 10.2 Å². The molecule has 0 saturated carbocycles. The van der Waals surface area contributed by atoms with Gasteiger partial charge in [-0.2, -0.15) is 0 Å². The summed E-state index contributed by atoms with van der Waals surface area (Å²) in [5.41, 5.74) is 1.95. The molecule has 2 rings (SSSR count). The summed E-state index contributed by atoms with van der Waals surface area (Å²) in [6.45, 7) is 4.06. The molecule has 0 radical (unpaired) electrons. The van der Waals surface area contributed by atoms with Crippen LogP contribution in [0.25, 0.3) is 0 Å². The van der Waals surface area contributed by atoms with E-state index >= 15 is 0 Å². The third-order valence-corrected chi connectivity index (χ3v) is 4.98. The van der Waals surface area contributed by atoms with Crippen molar-refractivity contribution in [2.75, 3.05) is 42.4 Å². The summed E-state index contributed by atoms with van der Waals surface area (Å²) in [5.74, 6) is 0.484. The Morgan fingerprint density at radius 2 is 2.09 bits per heavy atom. The largest absolute Gasteiger partial charge is 0.371 e. The highest BCUT2D eigenvalue weighted by atomic mass is 32.2. The Morgan fingerprint density at radius 3 is 2.73 bits per heavy atom. The molecule has 0 spiro atoms. The summed E-state index contributed by atoms with van der Waals surface area (Å²) in [6.07, 6.45) is 4.11. The maximum Gasteiger partial charge on any atom is 0.321 e. The number of anilines is 2. The Morgan fingerprint density at radius 1 is 1.41 bits per heavy atom. The summed E-state index contributed by atoms with van der Waals surface area (Å²) < 4.78 is 11.3. The Bertz CT molecular complexity index is 544. The number of benzene rings is 1. The van der Waals surface area contributed by atoms with Crippen LogP contribution in [0.5, 0.6) is 0 Å². The summed E-state index contributed by atoms with van der Waals surface area (Å²) in [7, 11) is 0.820. The lowest BCUT2D eigenvalue weighted by Crippen LogP contribution is -2.40. The Hall–Kier alpha value is -1.56. The Kier molecular flexibility index (Phi) is 5.83. The molecule has 1 aliphatic rings. The van der Waals surface area contributed by atoms with Crippen molar-refractivity contribution >= 4 is 28.2 Å². The van der Waals surface area contributed by atoms with E-state index in [1.165, 1.54) is 12.8 Å². The molecule has 2 amide bonds. The number of rotatable bonds is 5. The summed E-state index contributed by atoms with van der Waals surface area (Å²) in [5, 5.41) is 2.92. The van der Waals surface area contributed by atoms with Crippen LogP contribution in [0.3, 0.4) is 0 Å². The predicted molar refractivity (Wildman–Crippen MR) is 93.1 cm³/mol. The van der Waals surface area contributed by atoms with Crippen molar-refractivity contribution in [2.45, 2.75) is 25.8 Å². The van der Waals surface area contributed by atoms with Crippen LogP contribution >= 0.6 is 0 Å². The standard InChI is InChI=1S/C16H25N3O2S/c1-13(12-22(3)21)18(2)16(20)17-14-7-6-8-15(11-14)19-9-4-5-10-19/h6-8,11,13H,4-5,9-10,12H2,1-3H3,(H,17,20)/t13-,22-/m0/s1. The van der Waals surface area contributed by atoms with Crippen LogP contribution in [-0.4, -0.2) is 53.3 Å². The first-order chi connectivity index (χ1) is 10.5. The first-order valence-electron chi connectivity index (χ1n) is 7.66. The van der Waals surface area contributed by atoms with Gasteiger partial charge in [0.05, 0.1) is 0 Å². The van der Waals surface area contributed by atoms with Gasteiger partial charge in [0, 0.05) is 60.4 Å². The second kappa shape index (κ2) is 7.63. The van der Waals surface area contributed by atoms with Gasteiger partial charge >= 0.3 is 6.03 Å². The molecule has 0 aromatic heterocycles. The molecular weight excluding hydrogens is 298 g/mol. The molecule has 1 fully saturated rings. The minimum Gasteiger partial charge on any atom is -0.371 e. The molecular formula is C16H25N3O2S. The van der Waals surface area contributed by atoms with Gasteiger partial charge in [0.2, 0.25) is 0 Å². The summed E-state index contributed by atoms with van der Waals surface area (Å²) in [4.78, 5) is 16.2. The van der Waals surface area contributed by atoms with Crippen LogP contribution in [0.1, 0.15) is 19.8 Å². The molecule has 22 heavy (non-hydrogen) atoms. The monoisotopic (exact) mass is 323 g/mol. The maximum atomic E-state index is 12.3. The minimum atomic E-state index is -0.913. The molecule has 1 aromatic rings. The number of urea groups is 1. The van der Waals surface area contributed by atoms with Crippen LogP contribution in [0.2, 0.25) is 0 Å². The van der Waals surface area contributed by atoms with Gasteiger partial charge in [0.25, 0.3) is 0 Å². The topological polar surface area (TPSA) is 52.7 Å². The molecule has 1 aliphatic heterocycles. The van der Waals surface area contributed by atoms with Crippen molar-refractivity contribution in [3.63, 3.8) is 0 Å². The fourth-order valence-corrected chi connectivity index (χ4v) is 3.52. The van der Waals surface area contributed by atoms with E-state index in [2.05, 4.69) is 16.3 Å². The smallest absolute Gasteiger partial charge is 0.321 e. The number of amides is 2. The Labute approximate surface area is 135 Å². The van der Waals surface area contributed by atoms with Gasteiger partial charge in [-0.1, -0.05) is 6.07 Å². The average Bonchev–Trinajstić information content (AvgIpc) is 3.00. The summed E-state index contributed by atoms with van der Waals surface area (Å²) in [6, 6.07) is 7.72. The third-order valence-electron chi connectivity index (χ3n) is 4.03. The minimum absolute atomic E-state index is 0.0624. The molecule has 6 heteroatoms. The highest BCUT2D eigenvalue weighted by molar-refractivity contribution is 7.84. The zero-order valence-corrected chi connectivity index (χ0v) is 14.4. The van der Waals surface area contributed by atoms with Gasteiger partial charge < -0.3 is 15.1 Å². The second-order valence-corrected chi connectivity index (χ2v) is 7.35. The van der Waals surface area contributed by atoms with Crippen molar-refractivity contribution in [3.05, 3.63) is 24.3 Å². The predicted octanol–water partition coefficient (Wildman–Crippen LogP) is 2.52. The van der Waals surface area contributed by atoms with Gasteiger partial charge in [-0.15, -0.1) is 0 Å². The Balaban J connectivity index is 1.99. The highest BCUT2D eigenvalue weighted by Gasteiger charge is 2.18. The average molecular weight is 323 g/mol. The quantitative estimate of drug-likeness (QED) is 0.906. The van der Waals surface area contributed by atoms with Gasteiger partial charge in [-0.3, -0.25) is 4.21 Å². The van der Waals surface area contributed by atoms with Crippen LogP contribution in [-0.2, 0) is 10.8 Å². The van der Waals surface area contributed by atoms with Crippen LogP contribution in [0, 0.1) is 0 Å². The highest BCUT2D eigenvalue weighted by Crippen LogP contribution is 2.23. The lowest BCUT2D eigenvalue weighted by atomic mass is 10.2. The van der Waals surface area contributed by atoms with Gasteiger partial charge in [0.15, 0.2) is 0 Å². The van der Waals surface area contributed by atoms with E-state index in [0.717, 1.165) is 24.5 Å². The van der Waals surface area contributed by atoms with Crippen LogP contribution in [0.4, 0.5) is 16.2 Å². The van der Waals surface area contributed by atoms with Crippen molar-refractivity contribution in [1.29, 1.82) is 0 Å². The molecule has 122 valence electrons. The number of hydrogen-bond acceptors (Lipinski definition) is 3. The molecule has 0 unspecified atom stereocenters. The van der Waals surface area contributed by atoms with Crippen molar-refractivity contribution < 1.29 is 9.00 Å². The number of hydrogen-bond donors (Lipinski definition) is 1. The van der Waals surface area contributed by atoms with Gasteiger partial charge in [-0.25, -0.2) is 4.79 Å². The maximum absolute atomic E-state index is 12.3. The number of nitrogens with zero attached hydrogens (tertiary/aromatic N) is 2. The molecule has 2 atom stereocenters. The van der Waals surface area contributed by atoms with E-state index in [1.54, 1.807) is 18.2 Å². The van der Waals surface area contributed by atoms with E-state index < -0.39 is 10.8 Å². The van der Waals surface area contributed by atoms with Crippen molar-refractivity contribution in [1.82, 2.24) is 4.90 Å². The van der Waals surface area contributed by atoms with Gasteiger partial charge in [0.1, 0.15) is 0 Å². The normalized spacial score (nSPS) is 17.1. The molecule has 1 saturated heterocycles. The van der Waals surface area contributed by atoms with E-state index in [4.69, 9.17) is 0 Å². The molecule has 0 bridgehead atoms. The number of carbonyl (C=O) groups is 1. The molecule has 0 aliphatic carbocycles. The molecule has 1 heterocycles. The SMILES string of the molecule is C[C@@H](C[S@](C)=O)N(C)C(=O)Nc1cccc(N2CCCC2)c1. The zero-order valence-electron chi connectivity index (χ0n) is 13.5. The molecule has 5 nitrogen and oxygen atoms in total. The van der Waals surface area contributed by atoms with E-state index in [0.29, 0.717) is 5.75 Å². The van der Waals surface area contributed by atoms with Crippen molar-refractivity contribution in [2.24, 2.45) is 0 Å². The molecule has 1 aromatic carbocycles. The first-order valence-corrected chi connectivity index (χ1v) is 9.39. The number of nitrogens with one attached hydrogen (secondary N) is 1. The zero-order chi connectivity index (χ0) is 16.1.